The van der Waals surface area contributed by atoms with Crippen molar-refractivity contribution in [3.63, 3.8) is 0 Å². The summed E-state index contributed by atoms with van der Waals surface area (Å²) in [5.41, 5.74) is 1.18. The Morgan fingerprint density at radius 1 is 1.32 bits per heavy atom. The van der Waals surface area contributed by atoms with Crippen LogP contribution in [0.5, 0.6) is 0 Å². The van der Waals surface area contributed by atoms with Crippen LogP contribution in [-0.2, 0) is 4.79 Å². The van der Waals surface area contributed by atoms with Crippen molar-refractivity contribution in [1.82, 2.24) is 10.2 Å². The normalized spacial score (nSPS) is 29.6. The molecule has 1 aromatic rings. The Balaban J connectivity index is 0.00000133. The Labute approximate surface area is 116 Å². The van der Waals surface area contributed by atoms with E-state index in [4.69, 9.17) is 0 Å². The van der Waals surface area contributed by atoms with Gasteiger partial charge in [0, 0.05) is 21.5 Å². The first-order chi connectivity index (χ1) is 8.74. The minimum atomic E-state index is 0. The monoisotopic (exact) mass is 255 g/mol. The van der Waals surface area contributed by atoms with Crippen LogP contribution in [-0.4, -0.2) is 38.9 Å². The molecule has 0 aliphatic carbocycles. The fourth-order valence-corrected chi connectivity index (χ4v) is 3.23. The molecule has 19 heavy (non-hydrogen) atoms. The van der Waals surface area contributed by atoms with Crippen LogP contribution in [0.25, 0.3) is 0 Å². The molecular weight excluding hydrogens is 235 g/mol. The van der Waals surface area contributed by atoms with Gasteiger partial charge in [0.05, 0.1) is 12.0 Å². The van der Waals surface area contributed by atoms with Crippen LogP contribution in [0.4, 0.5) is 0 Å². The van der Waals surface area contributed by atoms with Crippen molar-refractivity contribution in [1.29, 1.82) is 0 Å². The van der Waals surface area contributed by atoms with Gasteiger partial charge < -0.3 is 10.2 Å². The molecule has 0 spiro atoms. The number of hydrogen-bond donors (Lipinski definition) is 1. The summed E-state index contributed by atoms with van der Waals surface area (Å²) in [6.07, 6.45) is 1.19. The second kappa shape index (κ2) is 5.78. The number of rotatable bonds is 3. The van der Waals surface area contributed by atoms with Gasteiger partial charge >= 0.3 is 0 Å². The quantitative estimate of drug-likeness (QED) is 0.829. The van der Waals surface area contributed by atoms with E-state index in [1.165, 1.54) is 18.5 Å². The predicted molar refractivity (Wildman–Crippen MR) is 76.8 cm³/mol. The van der Waals surface area contributed by atoms with Crippen LogP contribution in [0.3, 0.4) is 0 Å². The minimum absolute atomic E-state index is 0. The molecule has 2 aliphatic rings. The van der Waals surface area contributed by atoms with Gasteiger partial charge in [-0.25, -0.2) is 0 Å². The Hall–Kier alpha value is -1.29. The first-order valence-corrected chi connectivity index (χ1v) is 6.81. The zero-order chi connectivity index (χ0) is 12.5. The van der Waals surface area contributed by atoms with Crippen LogP contribution in [0.2, 0.25) is 0 Å². The van der Waals surface area contributed by atoms with E-state index in [-0.39, 0.29) is 26.3 Å². The third-order valence-corrected chi connectivity index (χ3v) is 4.33. The Morgan fingerprint density at radius 3 is 2.63 bits per heavy atom. The molecule has 4 atom stereocenters. The summed E-state index contributed by atoms with van der Waals surface area (Å²) in [5, 5.41) is 3.16. The number of hydrogen-bond acceptors (Lipinski definition) is 2. The van der Waals surface area contributed by atoms with Gasteiger partial charge in [0.15, 0.2) is 0 Å². The van der Waals surface area contributed by atoms with Gasteiger partial charge in [-0.1, -0.05) is 30.3 Å². The molecule has 2 heterocycles. The van der Waals surface area contributed by atoms with Crippen molar-refractivity contribution in [2.45, 2.75) is 19.4 Å². The van der Waals surface area contributed by atoms with E-state index in [9.17, 15) is 4.79 Å². The van der Waals surface area contributed by atoms with Gasteiger partial charge in [0.2, 0.25) is 5.91 Å². The van der Waals surface area contributed by atoms with Crippen molar-refractivity contribution in [3.05, 3.63) is 35.9 Å². The van der Waals surface area contributed by atoms with Crippen molar-refractivity contribution in [2.75, 3.05) is 19.6 Å². The van der Waals surface area contributed by atoms with Gasteiger partial charge in [-0.3, -0.25) is 4.79 Å². The largest absolute Gasteiger partial charge is 0.349 e. The fourth-order valence-electron chi connectivity index (χ4n) is 3.23. The first kappa shape index (κ1) is 14.1. The van der Waals surface area contributed by atoms with Crippen LogP contribution in [0, 0.1) is 11.8 Å². The maximum atomic E-state index is 12.3. The molecule has 3 nitrogen and oxygen atoms in total. The van der Waals surface area contributed by atoms with Crippen molar-refractivity contribution >= 4 is 14.3 Å². The van der Waals surface area contributed by atoms with Gasteiger partial charge in [0.25, 0.3) is 0 Å². The highest BCUT2D eigenvalue weighted by molar-refractivity contribution is 5.80. The molecule has 2 bridgehead atoms. The van der Waals surface area contributed by atoms with E-state index in [2.05, 4.69) is 29.3 Å². The van der Waals surface area contributed by atoms with Crippen molar-refractivity contribution in [2.24, 2.45) is 11.8 Å². The molecule has 0 saturated carbocycles. The van der Waals surface area contributed by atoms with E-state index in [1.54, 1.807) is 0 Å². The molecule has 4 heteroatoms. The summed E-state index contributed by atoms with van der Waals surface area (Å²) in [5.74, 6) is 1.04. The van der Waals surface area contributed by atoms with Crippen molar-refractivity contribution in [3.8, 4) is 0 Å². The third-order valence-electron chi connectivity index (χ3n) is 4.33. The molecule has 99 valence electrons. The molecule has 1 aromatic carbocycles. The summed E-state index contributed by atoms with van der Waals surface area (Å²) < 4.78 is 0. The lowest BCUT2D eigenvalue weighted by Crippen LogP contribution is -2.38. The summed E-state index contributed by atoms with van der Waals surface area (Å²) in [6.45, 7) is 5.32. The highest BCUT2D eigenvalue weighted by Crippen LogP contribution is 2.33. The summed E-state index contributed by atoms with van der Waals surface area (Å²) in [4.78, 5) is 14.7. The smallest absolute Gasteiger partial charge is 0.225 e. The molecule has 0 aromatic heterocycles. The Morgan fingerprint density at radius 2 is 2.05 bits per heavy atom. The molecule has 1 N–H and O–H groups in total. The number of carbonyl (C=O) groups excluding carboxylic acids is 1. The Kier molecular flexibility index (Phi) is 4.30. The number of piperidine rings is 1. The second-order valence-electron chi connectivity index (χ2n) is 5.56. The molecule has 2 aliphatic heterocycles. The molecule has 2 saturated heterocycles. The number of carbonyl (C=O) groups is 1. The maximum Gasteiger partial charge on any atom is 0.225 e. The summed E-state index contributed by atoms with van der Waals surface area (Å²) >= 11 is 0. The van der Waals surface area contributed by atoms with Gasteiger partial charge in [0.1, 0.15) is 0 Å². The molecule has 3 rings (SSSR count). The second-order valence-corrected chi connectivity index (χ2v) is 5.56. The van der Waals surface area contributed by atoms with E-state index in [1.807, 2.05) is 18.2 Å². The first-order valence-electron chi connectivity index (χ1n) is 6.81. The van der Waals surface area contributed by atoms with Crippen LogP contribution < -0.4 is 5.32 Å². The number of nitrogens with zero attached hydrogens (tertiary/aromatic N) is 1. The predicted octanol–water partition coefficient (Wildman–Crippen LogP) is 1.43. The molecule has 3 unspecified atom stereocenters. The average Bonchev–Trinajstić information content (AvgIpc) is 3.02. The number of fused-ring (bicyclic) bond motifs is 2. The van der Waals surface area contributed by atoms with Crippen molar-refractivity contribution < 1.29 is 4.79 Å². The molecular formula is C15H20BN2O. The van der Waals surface area contributed by atoms with Crippen LogP contribution >= 0.6 is 0 Å². The SMILES string of the molecule is C[C@@H](NC(=O)C1CN2CCC1C2)c1ccccc1.[B]. The van der Waals surface area contributed by atoms with Gasteiger partial charge in [-0.05, 0) is 31.4 Å². The fraction of sp³-hybridized carbons (Fsp3) is 0.533. The lowest BCUT2D eigenvalue weighted by molar-refractivity contribution is -0.126. The van der Waals surface area contributed by atoms with Gasteiger partial charge in [-0.15, -0.1) is 0 Å². The third kappa shape index (κ3) is 2.84. The van der Waals surface area contributed by atoms with E-state index in [0.29, 0.717) is 5.92 Å². The Bertz CT molecular complexity index is 437. The standard InChI is InChI=1S/C15H20N2O.B/c1-11(12-5-3-2-4-6-12)16-15(18)14-10-17-8-7-13(14)9-17;/h2-6,11,13-14H,7-10H2,1H3,(H,16,18);/t11-,13?,14?;/m1./s1. The zero-order valence-electron chi connectivity index (χ0n) is 11.4. The highest BCUT2D eigenvalue weighted by Gasteiger charge is 2.41. The van der Waals surface area contributed by atoms with E-state index < -0.39 is 0 Å². The lowest BCUT2D eigenvalue weighted by Gasteiger charge is -2.23. The molecule has 3 radical (unpaired) electrons. The van der Waals surface area contributed by atoms with Gasteiger partial charge in [-0.2, -0.15) is 0 Å². The summed E-state index contributed by atoms with van der Waals surface area (Å²) in [6, 6.07) is 10.3. The lowest BCUT2D eigenvalue weighted by atomic mass is 9.91. The number of nitrogens with one attached hydrogen (secondary N) is 1. The summed E-state index contributed by atoms with van der Waals surface area (Å²) in [7, 11) is 0. The average molecular weight is 255 g/mol. The van der Waals surface area contributed by atoms with E-state index >= 15 is 0 Å². The van der Waals surface area contributed by atoms with Crippen LogP contribution in [0.1, 0.15) is 24.9 Å². The van der Waals surface area contributed by atoms with Crippen LogP contribution in [0.15, 0.2) is 30.3 Å². The van der Waals surface area contributed by atoms with E-state index in [0.717, 1.165) is 13.1 Å². The molecule has 2 fully saturated rings. The number of amides is 1. The maximum absolute atomic E-state index is 12.3. The highest BCUT2D eigenvalue weighted by atomic mass is 16.2. The topological polar surface area (TPSA) is 32.3 Å². The zero-order valence-corrected chi connectivity index (χ0v) is 11.4. The molecule has 1 amide bonds. The number of benzene rings is 1. The minimum Gasteiger partial charge on any atom is -0.349 e.